The van der Waals surface area contributed by atoms with E-state index >= 15 is 0 Å². The molecule has 0 fully saturated rings. The van der Waals surface area contributed by atoms with E-state index in [2.05, 4.69) is 20.8 Å². The summed E-state index contributed by atoms with van der Waals surface area (Å²) < 4.78 is 103. The molecule has 0 saturated heterocycles. The first kappa shape index (κ1) is 28.0. The smallest absolute Gasteiger partial charge is 0.432 e. The van der Waals surface area contributed by atoms with Crippen molar-refractivity contribution in [3.05, 3.63) is 0 Å². The van der Waals surface area contributed by atoms with E-state index in [0.29, 0.717) is 0 Å². The Labute approximate surface area is 140 Å². The standard InChI is InChI=1S/C6H16OSi.C4HF9O.Zn/c1-4-8(7,5-2)6-3;5-2(6,7)1(14,3(8,9)10)4(11,12)13;/h7H,4-6H2,1-3H3;14H;. The van der Waals surface area contributed by atoms with Crippen molar-refractivity contribution in [3.63, 3.8) is 0 Å². The van der Waals surface area contributed by atoms with Crippen molar-refractivity contribution < 1.29 is 68.9 Å². The summed E-state index contributed by atoms with van der Waals surface area (Å²) in [4.78, 5) is 9.58. The number of rotatable bonds is 3. The second-order valence-corrected chi connectivity index (χ2v) is 9.06. The summed E-state index contributed by atoms with van der Waals surface area (Å²) in [5.74, 6) is 0. The Morgan fingerprint density at radius 2 is 0.826 bits per heavy atom. The molecule has 13 heteroatoms. The SMILES string of the molecule is CC[Si](O)(CC)CC.OC(C(F)(F)F)(C(F)(F)F)C(F)(F)F.[Zn]. The first-order valence-electron chi connectivity index (χ1n) is 6.08. The van der Waals surface area contributed by atoms with Crippen LogP contribution < -0.4 is 0 Å². The molecule has 0 bridgehead atoms. The summed E-state index contributed by atoms with van der Waals surface area (Å²) in [6, 6.07) is 3.04. The minimum absolute atomic E-state index is 0. The zero-order valence-electron chi connectivity index (χ0n) is 12.6. The minimum atomic E-state index is -6.87. The van der Waals surface area contributed by atoms with Gasteiger partial charge < -0.3 is 9.90 Å². The molecule has 0 radical (unpaired) electrons. The Balaban J connectivity index is -0.000000382. The van der Waals surface area contributed by atoms with Gasteiger partial charge in [0.15, 0.2) is 8.32 Å². The summed E-state index contributed by atoms with van der Waals surface area (Å²) in [7, 11) is -1.67. The van der Waals surface area contributed by atoms with Gasteiger partial charge in [0.25, 0.3) is 0 Å². The van der Waals surface area contributed by atoms with E-state index in [-0.39, 0.29) is 19.5 Å². The molecule has 0 amide bonds. The van der Waals surface area contributed by atoms with E-state index in [9.17, 15) is 44.3 Å². The number of halogens is 9. The van der Waals surface area contributed by atoms with E-state index in [4.69, 9.17) is 5.11 Å². The quantitative estimate of drug-likeness (QED) is 0.512. The predicted molar refractivity (Wildman–Crippen MR) is 62.5 cm³/mol. The van der Waals surface area contributed by atoms with E-state index in [1.54, 1.807) is 0 Å². The van der Waals surface area contributed by atoms with Gasteiger partial charge in [-0.3, -0.25) is 0 Å². The van der Waals surface area contributed by atoms with Gasteiger partial charge in [0, 0.05) is 19.5 Å². The van der Waals surface area contributed by atoms with Crippen molar-refractivity contribution in [2.45, 2.75) is 63.0 Å². The molecule has 0 aliphatic rings. The summed E-state index contributed by atoms with van der Waals surface area (Å²) in [5.41, 5.74) is -6.69. The van der Waals surface area contributed by atoms with Crippen LogP contribution in [0.25, 0.3) is 0 Å². The largest absolute Gasteiger partial charge is 0.435 e. The maximum Gasteiger partial charge on any atom is 0.435 e. The minimum Gasteiger partial charge on any atom is -0.432 e. The molecule has 23 heavy (non-hydrogen) atoms. The van der Waals surface area contributed by atoms with E-state index in [1.165, 1.54) is 0 Å². The van der Waals surface area contributed by atoms with Gasteiger partial charge in [-0.25, -0.2) is 0 Å². The second-order valence-electron chi connectivity index (χ2n) is 4.49. The zero-order chi connectivity index (χ0) is 18.6. The number of aliphatic hydroxyl groups is 1. The Bertz CT molecular complexity index is 292. The molecule has 0 saturated carbocycles. The molecule has 0 aromatic carbocycles. The fraction of sp³-hybridized carbons (Fsp3) is 1.00. The third-order valence-corrected chi connectivity index (χ3v) is 7.15. The van der Waals surface area contributed by atoms with E-state index < -0.39 is 32.4 Å². The molecule has 0 rings (SSSR count). The number of alkyl halides is 9. The van der Waals surface area contributed by atoms with Crippen LogP contribution in [0.15, 0.2) is 0 Å². The molecule has 138 valence electrons. The zero-order valence-corrected chi connectivity index (χ0v) is 16.6. The van der Waals surface area contributed by atoms with Crippen LogP contribution in [-0.4, -0.2) is 42.3 Å². The van der Waals surface area contributed by atoms with Crippen LogP contribution in [0.3, 0.4) is 0 Å². The van der Waals surface area contributed by atoms with Crippen LogP contribution in [0.2, 0.25) is 18.1 Å². The van der Waals surface area contributed by atoms with Crippen molar-refractivity contribution in [2.75, 3.05) is 0 Å². The molecule has 0 atom stereocenters. The van der Waals surface area contributed by atoms with Crippen molar-refractivity contribution >= 4 is 8.32 Å². The van der Waals surface area contributed by atoms with Crippen LogP contribution in [-0.2, 0) is 19.5 Å². The predicted octanol–water partition coefficient (Wildman–Crippen LogP) is 4.39. The number of hydrogen-bond acceptors (Lipinski definition) is 2. The molecule has 0 unspecified atom stereocenters. The monoisotopic (exact) mass is 432 g/mol. The Hall–Kier alpha value is 0.130. The van der Waals surface area contributed by atoms with Gasteiger partial charge in [-0.05, 0) is 18.1 Å². The van der Waals surface area contributed by atoms with Crippen molar-refractivity contribution in [1.29, 1.82) is 0 Å². The number of hydrogen-bond donors (Lipinski definition) is 2. The summed E-state index contributed by atoms with van der Waals surface area (Å²) in [6.07, 6.45) is -20.6. The van der Waals surface area contributed by atoms with Crippen molar-refractivity contribution in [2.24, 2.45) is 0 Å². The van der Waals surface area contributed by atoms with Gasteiger partial charge in [0.2, 0.25) is 0 Å². The summed E-state index contributed by atoms with van der Waals surface area (Å²) in [5, 5.41) is 7.65. The molecule has 2 N–H and O–H groups in total. The van der Waals surface area contributed by atoms with Gasteiger partial charge in [-0.2, -0.15) is 39.5 Å². The second kappa shape index (κ2) is 9.00. The Kier molecular flexibility index (Phi) is 10.9. The summed E-state index contributed by atoms with van der Waals surface area (Å²) in [6.45, 7) is 6.25. The maximum absolute atomic E-state index is 11.4. The molecule has 2 nitrogen and oxygen atoms in total. The summed E-state index contributed by atoms with van der Waals surface area (Å²) >= 11 is 0. The molecule has 0 aromatic rings. The van der Waals surface area contributed by atoms with Gasteiger partial charge in [-0.15, -0.1) is 0 Å². The van der Waals surface area contributed by atoms with Gasteiger partial charge in [0.05, 0.1) is 0 Å². The first-order valence-corrected chi connectivity index (χ1v) is 8.65. The molecule has 0 aliphatic heterocycles. The molecule has 0 aromatic heterocycles. The molecule has 0 aliphatic carbocycles. The normalized spacial score (nSPS) is 13.8. The molecular formula is C10H17F9O2SiZn. The fourth-order valence-electron chi connectivity index (χ4n) is 1.23. The van der Waals surface area contributed by atoms with Crippen molar-refractivity contribution in [1.82, 2.24) is 0 Å². The van der Waals surface area contributed by atoms with Crippen LogP contribution in [0.1, 0.15) is 20.8 Å². The first-order chi connectivity index (χ1) is 9.43. The van der Waals surface area contributed by atoms with Gasteiger partial charge in [-0.1, -0.05) is 20.8 Å². The van der Waals surface area contributed by atoms with E-state index in [1.807, 2.05) is 0 Å². The topological polar surface area (TPSA) is 40.5 Å². The van der Waals surface area contributed by atoms with E-state index in [0.717, 1.165) is 18.1 Å². The third kappa shape index (κ3) is 6.87. The van der Waals surface area contributed by atoms with Crippen molar-refractivity contribution in [3.8, 4) is 0 Å². The average molecular weight is 434 g/mol. The van der Waals surface area contributed by atoms with Crippen LogP contribution in [0.4, 0.5) is 39.5 Å². The van der Waals surface area contributed by atoms with Gasteiger partial charge in [0.1, 0.15) is 0 Å². The van der Waals surface area contributed by atoms with Gasteiger partial charge >= 0.3 is 24.1 Å². The maximum atomic E-state index is 11.4. The molecular weight excluding hydrogens is 417 g/mol. The Morgan fingerprint density at radius 1 is 0.652 bits per heavy atom. The third-order valence-electron chi connectivity index (χ3n) is 3.21. The average Bonchev–Trinajstić information content (AvgIpc) is 2.33. The van der Waals surface area contributed by atoms with Crippen LogP contribution >= 0.6 is 0 Å². The van der Waals surface area contributed by atoms with Crippen LogP contribution in [0, 0.1) is 0 Å². The molecule has 0 spiro atoms. The molecule has 0 heterocycles. The fourth-order valence-corrected chi connectivity index (χ4v) is 2.73. The van der Waals surface area contributed by atoms with Crippen LogP contribution in [0.5, 0.6) is 0 Å². The Morgan fingerprint density at radius 3 is 0.826 bits per heavy atom.